The number of piperazine rings is 1. The third-order valence-corrected chi connectivity index (χ3v) is 4.56. The van der Waals surface area contributed by atoms with Crippen molar-refractivity contribution in [2.45, 2.75) is 39.8 Å². The minimum atomic E-state index is 0. The van der Waals surface area contributed by atoms with Crippen molar-refractivity contribution in [3.63, 3.8) is 0 Å². The third kappa shape index (κ3) is 4.99. The Morgan fingerprint density at radius 1 is 1.35 bits per heavy atom. The number of aryl methyl sites for hydroxylation is 2. The lowest BCUT2D eigenvalue weighted by molar-refractivity contribution is -0.131. The number of halogens is 1. The first-order valence-electron chi connectivity index (χ1n) is 8.67. The van der Waals surface area contributed by atoms with Crippen LogP contribution in [0.25, 0.3) is 0 Å². The molecule has 0 saturated carbocycles. The molecule has 6 nitrogen and oxygen atoms in total. The van der Waals surface area contributed by atoms with Crippen molar-refractivity contribution >= 4 is 18.3 Å². The fourth-order valence-corrected chi connectivity index (χ4v) is 3.01. The van der Waals surface area contributed by atoms with E-state index in [4.69, 9.17) is 9.26 Å². The highest BCUT2D eigenvalue weighted by Gasteiger charge is 2.20. The van der Waals surface area contributed by atoms with E-state index in [1.165, 1.54) is 0 Å². The molecular formula is C19H26ClN3O3. The van der Waals surface area contributed by atoms with Gasteiger partial charge in [0.05, 0.1) is 17.7 Å². The number of hydrogen-bond donors (Lipinski definition) is 1. The predicted molar refractivity (Wildman–Crippen MR) is 102 cm³/mol. The predicted octanol–water partition coefficient (Wildman–Crippen LogP) is 2.66. The highest BCUT2D eigenvalue weighted by molar-refractivity contribution is 5.85. The number of carbonyl (C=O) groups is 1. The average molecular weight is 380 g/mol. The maximum atomic E-state index is 12.4. The van der Waals surface area contributed by atoms with E-state index in [2.05, 4.69) is 17.4 Å². The molecule has 0 radical (unpaired) electrons. The first kappa shape index (κ1) is 20.3. The highest BCUT2D eigenvalue weighted by atomic mass is 35.5. The molecule has 0 bridgehead atoms. The number of benzene rings is 1. The molecule has 1 saturated heterocycles. The zero-order chi connectivity index (χ0) is 17.8. The van der Waals surface area contributed by atoms with Crippen LogP contribution in [0.5, 0.6) is 5.75 Å². The Bertz CT molecular complexity index is 711. The van der Waals surface area contributed by atoms with Crippen molar-refractivity contribution < 1.29 is 14.1 Å². The van der Waals surface area contributed by atoms with Gasteiger partial charge in [-0.2, -0.15) is 0 Å². The van der Waals surface area contributed by atoms with E-state index in [0.717, 1.165) is 48.0 Å². The first-order chi connectivity index (χ1) is 12.0. The van der Waals surface area contributed by atoms with Crippen molar-refractivity contribution in [3.8, 4) is 5.75 Å². The van der Waals surface area contributed by atoms with E-state index in [1.807, 2.05) is 43.0 Å². The van der Waals surface area contributed by atoms with E-state index in [-0.39, 0.29) is 18.3 Å². The molecule has 1 amide bonds. The number of nitrogens with zero attached hydrogens (tertiary/aromatic N) is 2. The molecule has 1 aromatic heterocycles. The lowest BCUT2D eigenvalue weighted by Gasteiger charge is -2.32. The molecule has 0 aliphatic carbocycles. The quantitative estimate of drug-likeness (QED) is 0.865. The summed E-state index contributed by atoms with van der Waals surface area (Å²) in [7, 11) is 0. The van der Waals surface area contributed by atoms with E-state index in [0.29, 0.717) is 19.1 Å². The van der Waals surface area contributed by atoms with Gasteiger partial charge in [-0.25, -0.2) is 0 Å². The van der Waals surface area contributed by atoms with Gasteiger partial charge in [-0.1, -0.05) is 17.3 Å². The van der Waals surface area contributed by atoms with Crippen LogP contribution >= 0.6 is 12.4 Å². The Kier molecular flexibility index (Phi) is 7.06. The van der Waals surface area contributed by atoms with E-state index < -0.39 is 0 Å². The summed E-state index contributed by atoms with van der Waals surface area (Å²) >= 11 is 0. The number of hydrogen-bond acceptors (Lipinski definition) is 5. The fraction of sp³-hybridized carbons (Fsp3) is 0.474. The van der Waals surface area contributed by atoms with Crippen LogP contribution in [0.2, 0.25) is 0 Å². The van der Waals surface area contributed by atoms with Crippen LogP contribution < -0.4 is 10.1 Å². The van der Waals surface area contributed by atoms with Gasteiger partial charge in [-0.15, -0.1) is 12.4 Å². The van der Waals surface area contributed by atoms with Crippen LogP contribution in [-0.2, 0) is 17.8 Å². The van der Waals surface area contributed by atoms with Crippen molar-refractivity contribution in [2.75, 3.05) is 19.6 Å². The summed E-state index contributed by atoms with van der Waals surface area (Å²) in [5.41, 5.74) is 2.83. The Morgan fingerprint density at radius 2 is 2.08 bits per heavy atom. The summed E-state index contributed by atoms with van der Waals surface area (Å²) < 4.78 is 10.9. The van der Waals surface area contributed by atoms with Gasteiger partial charge in [-0.3, -0.25) is 4.79 Å². The van der Waals surface area contributed by atoms with Gasteiger partial charge in [-0.05, 0) is 38.5 Å². The minimum Gasteiger partial charge on any atom is -0.489 e. The normalized spacial score (nSPS) is 16.9. The van der Waals surface area contributed by atoms with Crippen LogP contribution in [0.4, 0.5) is 0 Å². The number of carbonyl (C=O) groups excluding carboxylic acids is 1. The zero-order valence-electron chi connectivity index (χ0n) is 15.4. The molecular weight excluding hydrogens is 354 g/mol. The van der Waals surface area contributed by atoms with Crippen molar-refractivity contribution in [3.05, 3.63) is 46.8 Å². The van der Waals surface area contributed by atoms with Crippen LogP contribution in [0.1, 0.15) is 29.5 Å². The number of rotatable bonds is 5. The molecule has 2 aromatic rings. The van der Waals surface area contributed by atoms with Crippen molar-refractivity contribution in [2.24, 2.45) is 0 Å². The number of ether oxygens (including phenoxy) is 1. The number of nitrogens with one attached hydrogen (secondary N) is 1. The second-order valence-corrected chi connectivity index (χ2v) is 6.61. The Labute approximate surface area is 160 Å². The SMILES string of the molecule is Cc1noc(C)c1COc1ccc(CC(=O)N2CCNC(C)C2)cc1.Cl. The largest absolute Gasteiger partial charge is 0.489 e. The molecule has 1 unspecified atom stereocenters. The van der Waals surface area contributed by atoms with Crippen molar-refractivity contribution in [1.82, 2.24) is 15.4 Å². The Balaban J connectivity index is 0.00000243. The molecule has 0 spiro atoms. The van der Waals surface area contributed by atoms with Gasteiger partial charge >= 0.3 is 0 Å². The summed E-state index contributed by atoms with van der Waals surface area (Å²) in [5, 5.41) is 7.27. The van der Waals surface area contributed by atoms with Crippen LogP contribution in [-0.4, -0.2) is 41.6 Å². The number of amides is 1. The van der Waals surface area contributed by atoms with Gasteiger partial charge in [0.15, 0.2) is 0 Å². The van der Waals surface area contributed by atoms with Gasteiger partial charge < -0.3 is 19.5 Å². The summed E-state index contributed by atoms with van der Waals surface area (Å²) in [6.45, 7) is 8.73. The molecule has 1 atom stereocenters. The zero-order valence-corrected chi connectivity index (χ0v) is 16.3. The number of aromatic nitrogens is 1. The minimum absolute atomic E-state index is 0. The van der Waals surface area contributed by atoms with Crippen LogP contribution in [0, 0.1) is 13.8 Å². The molecule has 1 N–H and O–H groups in total. The topological polar surface area (TPSA) is 67.6 Å². The summed E-state index contributed by atoms with van der Waals surface area (Å²) in [6, 6.07) is 8.07. The standard InChI is InChI=1S/C19H25N3O3.ClH/c1-13-11-22(9-8-20-13)19(23)10-16-4-6-17(7-5-16)24-12-18-14(2)21-25-15(18)3;/h4-7,13,20H,8-12H2,1-3H3;1H. The van der Waals surface area contributed by atoms with E-state index in [1.54, 1.807) is 0 Å². The summed E-state index contributed by atoms with van der Waals surface area (Å²) in [5.74, 6) is 1.73. The summed E-state index contributed by atoms with van der Waals surface area (Å²) in [6.07, 6.45) is 0.427. The van der Waals surface area contributed by atoms with Gasteiger partial charge in [0, 0.05) is 25.7 Å². The van der Waals surface area contributed by atoms with E-state index in [9.17, 15) is 4.79 Å². The second-order valence-electron chi connectivity index (χ2n) is 6.61. The van der Waals surface area contributed by atoms with Crippen LogP contribution in [0.15, 0.2) is 28.8 Å². The fourth-order valence-electron chi connectivity index (χ4n) is 3.01. The lowest BCUT2D eigenvalue weighted by Crippen LogP contribution is -2.51. The first-order valence-corrected chi connectivity index (χ1v) is 8.67. The van der Waals surface area contributed by atoms with E-state index >= 15 is 0 Å². The summed E-state index contributed by atoms with van der Waals surface area (Å²) in [4.78, 5) is 14.3. The Hall–Kier alpha value is -2.05. The molecule has 1 aromatic carbocycles. The van der Waals surface area contributed by atoms with Crippen molar-refractivity contribution in [1.29, 1.82) is 0 Å². The second kappa shape index (κ2) is 9.05. The molecule has 2 heterocycles. The highest BCUT2D eigenvalue weighted by Crippen LogP contribution is 2.18. The maximum absolute atomic E-state index is 12.4. The van der Waals surface area contributed by atoms with Gasteiger partial charge in [0.2, 0.25) is 5.91 Å². The smallest absolute Gasteiger partial charge is 0.227 e. The molecule has 26 heavy (non-hydrogen) atoms. The maximum Gasteiger partial charge on any atom is 0.227 e. The van der Waals surface area contributed by atoms with Gasteiger partial charge in [0.25, 0.3) is 0 Å². The third-order valence-electron chi connectivity index (χ3n) is 4.56. The van der Waals surface area contributed by atoms with Gasteiger partial charge in [0.1, 0.15) is 18.1 Å². The molecule has 1 aliphatic rings. The molecule has 7 heteroatoms. The average Bonchev–Trinajstić information content (AvgIpc) is 2.92. The lowest BCUT2D eigenvalue weighted by atomic mass is 10.1. The van der Waals surface area contributed by atoms with Crippen LogP contribution in [0.3, 0.4) is 0 Å². The molecule has 142 valence electrons. The molecule has 3 rings (SSSR count). The Morgan fingerprint density at radius 3 is 2.69 bits per heavy atom. The molecule has 1 fully saturated rings. The molecule has 1 aliphatic heterocycles. The monoisotopic (exact) mass is 379 g/mol.